The second-order valence-electron chi connectivity index (χ2n) is 3.79. The lowest BCUT2D eigenvalue weighted by atomic mass is 10.0. The van der Waals surface area contributed by atoms with E-state index in [1.807, 2.05) is 0 Å². The number of aliphatic hydroxyl groups excluding tert-OH is 2. The maximum Gasteiger partial charge on any atom is 0.164 e. The van der Waals surface area contributed by atoms with E-state index < -0.39 is 29.9 Å². The van der Waals surface area contributed by atoms with Gasteiger partial charge in [-0.2, -0.15) is 0 Å². The van der Waals surface area contributed by atoms with Crippen molar-refractivity contribution >= 4 is 0 Å². The van der Waals surface area contributed by atoms with Gasteiger partial charge < -0.3 is 14.9 Å². The highest BCUT2D eigenvalue weighted by Gasteiger charge is 2.35. The van der Waals surface area contributed by atoms with Crippen LogP contribution in [-0.2, 0) is 4.74 Å². The zero-order valence-corrected chi connectivity index (χ0v) is 8.44. The third-order valence-electron chi connectivity index (χ3n) is 2.73. The zero-order chi connectivity index (χ0) is 11.7. The van der Waals surface area contributed by atoms with Gasteiger partial charge in [-0.15, -0.1) is 0 Å². The van der Waals surface area contributed by atoms with Crippen molar-refractivity contribution in [3.8, 4) is 0 Å². The van der Waals surface area contributed by atoms with E-state index in [0.29, 0.717) is 0 Å². The quantitative estimate of drug-likeness (QED) is 0.801. The molecule has 5 heteroatoms. The van der Waals surface area contributed by atoms with Crippen molar-refractivity contribution in [1.82, 2.24) is 0 Å². The number of rotatable bonds is 2. The molecule has 2 N–H and O–H groups in total. The molecule has 1 heterocycles. The fourth-order valence-corrected chi connectivity index (χ4v) is 1.86. The summed E-state index contributed by atoms with van der Waals surface area (Å²) in [7, 11) is 0. The Labute approximate surface area is 91.3 Å². The minimum absolute atomic E-state index is 0.0787. The van der Waals surface area contributed by atoms with E-state index in [0.717, 1.165) is 6.07 Å². The fraction of sp³-hybridized carbons (Fsp3) is 0.455. The van der Waals surface area contributed by atoms with Gasteiger partial charge in [0.15, 0.2) is 11.6 Å². The Morgan fingerprint density at radius 2 is 2.12 bits per heavy atom. The molecule has 0 spiro atoms. The highest BCUT2D eigenvalue weighted by molar-refractivity contribution is 5.22. The van der Waals surface area contributed by atoms with Gasteiger partial charge in [-0.1, -0.05) is 12.1 Å². The first kappa shape index (κ1) is 11.4. The zero-order valence-electron chi connectivity index (χ0n) is 8.44. The highest BCUT2D eigenvalue weighted by atomic mass is 19.2. The monoisotopic (exact) mass is 230 g/mol. The lowest BCUT2D eigenvalue weighted by Gasteiger charge is -2.13. The Bertz CT molecular complexity index is 383. The van der Waals surface area contributed by atoms with Crippen LogP contribution in [0.5, 0.6) is 0 Å². The van der Waals surface area contributed by atoms with Crippen LogP contribution in [0.2, 0.25) is 0 Å². The van der Waals surface area contributed by atoms with Crippen LogP contribution in [0.4, 0.5) is 8.78 Å². The van der Waals surface area contributed by atoms with Crippen molar-refractivity contribution < 1.29 is 23.7 Å². The molecule has 1 aliphatic rings. The van der Waals surface area contributed by atoms with Gasteiger partial charge in [0.1, 0.15) is 6.10 Å². The minimum Gasteiger partial charge on any atom is -0.394 e. The largest absolute Gasteiger partial charge is 0.394 e. The van der Waals surface area contributed by atoms with Crippen molar-refractivity contribution in [3.05, 3.63) is 35.4 Å². The predicted octanol–water partition coefficient (Wildman–Crippen LogP) is 1.15. The summed E-state index contributed by atoms with van der Waals surface area (Å²) in [6.45, 7) is -0.339. The van der Waals surface area contributed by atoms with Crippen LogP contribution in [-0.4, -0.2) is 29.0 Å². The average Bonchev–Trinajstić information content (AvgIpc) is 2.63. The van der Waals surface area contributed by atoms with Gasteiger partial charge in [-0.25, -0.2) is 8.78 Å². The number of halogens is 2. The molecule has 0 unspecified atom stereocenters. The summed E-state index contributed by atoms with van der Waals surface area (Å²) in [5, 5.41) is 18.4. The molecule has 0 aromatic heterocycles. The average molecular weight is 230 g/mol. The van der Waals surface area contributed by atoms with E-state index in [2.05, 4.69) is 0 Å². The summed E-state index contributed by atoms with van der Waals surface area (Å²) in [5.41, 5.74) is 0.0787. The molecule has 3 nitrogen and oxygen atoms in total. The Hall–Kier alpha value is -1.04. The molecular weight excluding hydrogens is 218 g/mol. The van der Waals surface area contributed by atoms with Crippen LogP contribution in [0.1, 0.15) is 18.1 Å². The standard InChI is InChI=1S/C11H12F2O3/c12-7-3-1-2-6(11(7)13)9-4-8(15)10(5-14)16-9/h1-3,8-10,14-15H,4-5H2/t8-,9+,10+/m0/s1. The Morgan fingerprint density at radius 1 is 1.38 bits per heavy atom. The highest BCUT2D eigenvalue weighted by Crippen LogP contribution is 2.34. The van der Waals surface area contributed by atoms with Crippen molar-refractivity contribution in [2.75, 3.05) is 6.61 Å². The molecule has 1 aromatic rings. The van der Waals surface area contributed by atoms with Crippen molar-refractivity contribution in [2.24, 2.45) is 0 Å². The number of ether oxygens (including phenoxy) is 1. The van der Waals surface area contributed by atoms with Gasteiger partial charge in [-0.3, -0.25) is 0 Å². The van der Waals surface area contributed by atoms with Gasteiger partial charge in [-0.05, 0) is 6.07 Å². The van der Waals surface area contributed by atoms with Crippen LogP contribution in [0.25, 0.3) is 0 Å². The van der Waals surface area contributed by atoms with Crippen LogP contribution in [0, 0.1) is 11.6 Å². The van der Waals surface area contributed by atoms with Gasteiger partial charge in [0.05, 0.1) is 18.8 Å². The molecule has 0 radical (unpaired) electrons. The van der Waals surface area contributed by atoms with E-state index in [1.54, 1.807) is 0 Å². The lowest BCUT2D eigenvalue weighted by Crippen LogP contribution is -2.24. The molecule has 0 bridgehead atoms. The van der Waals surface area contributed by atoms with Gasteiger partial charge in [0, 0.05) is 12.0 Å². The number of benzene rings is 1. The molecule has 1 saturated heterocycles. The van der Waals surface area contributed by atoms with E-state index in [-0.39, 0.29) is 18.6 Å². The van der Waals surface area contributed by atoms with E-state index >= 15 is 0 Å². The molecule has 1 aromatic carbocycles. The smallest absolute Gasteiger partial charge is 0.164 e. The Morgan fingerprint density at radius 3 is 2.75 bits per heavy atom. The van der Waals surface area contributed by atoms with Crippen LogP contribution >= 0.6 is 0 Å². The molecule has 16 heavy (non-hydrogen) atoms. The van der Waals surface area contributed by atoms with Gasteiger partial charge >= 0.3 is 0 Å². The van der Waals surface area contributed by atoms with Gasteiger partial charge in [0.2, 0.25) is 0 Å². The maximum absolute atomic E-state index is 13.4. The van der Waals surface area contributed by atoms with Crippen LogP contribution < -0.4 is 0 Å². The second-order valence-corrected chi connectivity index (χ2v) is 3.79. The number of aliphatic hydroxyl groups is 2. The molecule has 2 rings (SSSR count). The first-order valence-electron chi connectivity index (χ1n) is 5.01. The second kappa shape index (κ2) is 4.45. The summed E-state index contributed by atoms with van der Waals surface area (Å²) in [6, 6.07) is 3.82. The Balaban J connectivity index is 2.23. The van der Waals surface area contributed by atoms with E-state index in [1.165, 1.54) is 12.1 Å². The third kappa shape index (κ3) is 1.93. The van der Waals surface area contributed by atoms with Crippen LogP contribution in [0.3, 0.4) is 0 Å². The predicted molar refractivity (Wildman–Crippen MR) is 51.7 cm³/mol. The first-order chi connectivity index (χ1) is 7.63. The van der Waals surface area contributed by atoms with E-state index in [4.69, 9.17) is 9.84 Å². The molecule has 0 saturated carbocycles. The molecule has 1 aliphatic heterocycles. The van der Waals surface area contributed by atoms with E-state index in [9.17, 15) is 13.9 Å². The van der Waals surface area contributed by atoms with Crippen molar-refractivity contribution in [3.63, 3.8) is 0 Å². The topological polar surface area (TPSA) is 49.7 Å². The SMILES string of the molecule is OC[C@H]1O[C@@H](c2cccc(F)c2F)C[C@@H]1O. The first-order valence-corrected chi connectivity index (χ1v) is 5.01. The summed E-state index contributed by atoms with van der Waals surface area (Å²) in [5.74, 6) is -1.90. The molecule has 3 atom stereocenters. The molecule has 1 fully saturated rings. The van der Waals surface area contributed by atoms with Crippen molar-refractivity contribution in [2.45, 2.75) is 24.7 Å². The summed E-state index contributed by atoms with van der Waals surface area (Å²) in [6.07, 6.45) is -2.13. The number of hydrogen-bond donors (Lipinski definition) is 2. The minimum atomic E-state index is -0.960. The molecule has 0 aliphatic carbocycles. The fourth-order valence-electron chi connectivity index (χ4n) is 1.86. The summed E-state index contributed by atoms with van der Waals surface area (Å²) >= 11 is 0. The Kier molecular flexibility index (Phi) is 3.18. The summed E-state index contributed by atoms with van der Waals surface area (Å²) in [4.78, 5) is 0. The summed E-state index contributed by atoms with van der Waals surface area (Å²) < 4.78 is 31.6. The van der Waals surface area contributed by atoms with Crippen LogP contribution in [0.15, 0.2) is 18.2 Å². The van der Waals surface area contributed by atoms with Gasteiger partial charge in [0.25, 0.3) is 0 Å². The molecule has 88 valence electrons. The third-order valence-corrected chi connectivity index (χ3v) is 2.73. The maximum atomic E-state index is 13.4. The molecular formula is C11H12F2O3. The van der Waals surface area contributed by atoms with Crippen molar-refractivity contribution in [1.29, 1.82) is 0 Å². The molecule has 0 amide bonds. The number of hydrogen-bond acceptors (Lipinski definition) is 3. The lowest BCUT2D eigenvalue weighted by molar-refractivity contribution is -0.0234. The normalized spacial score (nSPS) is 29.6.